The van der Waals surface area contributed by atoms with Gasteiger partial charge in [-0.05, 0) is 15.9 Å². The summed E-state index contributed by atoms with van der Waals surface area (Å²) in [5.41, 5.74) is 11.3. The summed E-state index contributed by atoms with van der Waals surface area (Å²) in [6, 6.07) is 0. The van der Waals surface area contributed by atoms with Crippen LogP contribution in [-0.4, -0.2) is 15.0 Å². The number of rotatable bonds is 2. The van der Waals surface area contributed by atoms with E-state index in [2.05, 4.69) is 30.9 Å². The SMILES string of the molecule is Nc1nc(C(F)(F)F)nc(N)c1Cc1cnc(Br)s1. The Morgan fingerprint density at radius 2 is 1.79 bits per heavy atom. The lowest BCUT2D eigenvalue weighted by molar-refractivity contribution is -0.144. The first-order valence-corrected chi connectivity index (χ1v) is 6.47. The number of hydrogen-bond acceptors (Lipinski definition) is 6. The molecule has 0 aliphatic carbocycles. The van der Waals surface area contributed by atoms with Crippen molar-refractivity contribution in [2.24, 2.45) is 0 Å². The maximum Gasteiger partial charge on any atom is 0.451 e. The molecule has 5 nitrogen and oxygen atoms in total. The highest BCUT2D eigenvalue weighted by Gasteiger charge is 2.35. The summed E-state index contributed by atoms with van der Waals surface area (Å²) in [6.45, 7) is 0. The van der Waals surface area contributed by atoms with Crippen molar-refractivity contribution in [3.05, 3.63) is 26.4 Å². The van der Waals surface area contributed by atoms with Crippen molar-refractivity contribution in [1.29, 1.82) is 0 Å². The van der Waals surface area contributed by atoms with Gasteiger partial charge in [-0.1, -0.05) is 0 Å². The van der Waals surface area contributed by atoms with Crippen molar-refractivity contribution < 1.29 is 13.2 Å². The summed E-state index contributed by atoms with van der Waals surface area (Å²) in [7, 11) is 0. The predicted molar refractivity (Wildman–Crippen MR) is 68.5 cm³/mol. The molecule has 2 rings (SSSR count). The van der Waals surface area contributed by atoms with Crippen molar-refractivity contribution in [1.82, 2.24) is 15.0 Å². The van der Waals surface area contributed by atoms with E-state index in [1.54, 1.807) is 6.20 Å². The minimum atomic E-state index is -4.67. The zero-order valence-corrected chi connectivity index (χ0v) is 11.6. The molecule has 2 aromatic rings. The van der Waals surface area contributed by atoms with E-state index in [0.717, 1.165) is 4.88 Å². The van der Waals surface area contributed by atoms with Crippen molar-refractivity contribution in [2.45, 2.75) is 12.6 Å². The number of halogens is 4. The molecule has 0 fully saturated rings. The maximum absolute atomic E-state index is 12.5. The topological polar surface area (TPSA) is 90.7 Å². The summed E-state index contributed by atoms with van der Waals surface area (Å²) in [5, 5.41) is 0. The van der Waals surface area contributed by atoms with Crippen molar-refractivity contribution in [2.75, 3.05) is 11.5 Å². The van der Waals surface area contributed by atoms with Crippen LogP contribution in [-0.2, 0) is 12.6 Å². The molecular weight excluding hydrogens is 347 g/mol. The van der Waals surface area contributed by atoms with Gasteiger partial charge in [0.25, 0.3) is 0 Å². The van der Waals surface area contributed by atoms with Crippen LogP contribution in [0.4, 0.5) is 24.8 Å². The number of anilines is 2. The van der Waals surface area contributed by atoms with Gasteiger partial charge in [-0.15, -0.1) is 11.3 Å². The van der Waals surface area contributed by atoms with Crippen LogP contribution in [0.25, 0.3) is 0 Å². The highest BCUT2D eigenvalue weighted by Crippen LogP contribution is 2.31. The van der Waals surface area contributed by atoms with Crippen LogP contribution < -0.4 is 11.5 Å². The maximum atomic E-state index is 12.5. The molecule has 0 saturated heterocycles. The van der Waals surface area contributed by atoms with Crippen LogP contribution in [0, 0.1) is 0 Å². The van der Waals surface area contributed by atoms with Gasteiger partial charge in [-0.2, -0.15) is 13.2 Å². The van der Waals surface area contributed by atoms with Crippen molar-refractivity contribution >= 4 is 38.9 Å². The van der Waals surface area contributed by atoms with E-state index in [1.807, 2.05) is 0 Å². The Morgan fingerprint density at radius 1 is 1.21 bits per heavy atom. The average Bonchev–Trinajstić information content (AvgIpc) is 2.68. The second-order valence-corrected chi connectivity index (χ2v) is 5.94. The largest absolute Gasteiger partial charge is 0.451 e. The number of nitrogen functional groups attached to an aromatic ring is 2. The van der Waals surface area contributed by atoms with E-state index in [4.69, 9.17) is 11.5 Å². The molecule has 2 heterocycles. The monoisotopic (exact) mass is 353 g/mol. The lowest BCUT2D eigenvalue weighted by atomic mass is 10.2. The third-order valence-corrected chi connectivity index (χ3v) is 3.68. The Morgan fingerprint density at radius 3 is 2.21 bits per heavy atom. The third-order valence-electron chi connectivity index (χ3n) is 2.20. The number of thiazole rings is 1. The molecule has 0 bridgehead atoms. The Hall–Kier alpha value is -1.42. The molecule has 0 aromatic carbocycles. The van der Waals surface area contributed by atoms with Gasteiger partial charge < -0.3 is 11.5 Å². The minimum absolute atomic E-state index is 0.235. The number of hydrogen-bond donors (Lipinski definition) is 2. The van der Waals surface area contributed by atoms with Crippen LogP contribution in [0.2, 0.25) is 0 Å². The fraction of sp³-hybridized carbons (Fsp3) is 0.222. The van der Waals surface area contributed by atoms with Gasteiger partial charge >= 0.3 is 6.18 Å². The molecule has 0 aliphatic rings. The third kappa shape index (κ3) is 3.13. The van der Waals surface area contributed by atoms with E-state index in [9.17, 15) is 13.2 Å². The highest BCUT2D eigenvalue weighted by atomic mass is 79.9. The molecular formula is C9H7BrF3N5S. The summed E-state index contributed by atoms with van der Waals surface area (Å²) in [4.78, 5) is 11.2. The van der Waals surface area contributed by atoms with Crippen LogP contribution in [0.3, 0.4) is 0 Å². The van der Waals surface area contributed by atoms with Crippen LogP contribution in [0.1, 0.15) is 16.3 Å². The molecule has 10 heteroatoms. The molecule has 0 spiro atoms. The van der Waals surface area contributed by atoms with Crippen LogP contribution >= 0.6 is 27.3 Å². The first-order valence-electron chi connectivity index (χ1n) is 4.86. The molecule has 0 amide bonds. The summed E-state index contributed by atoms with van der Waals surface area (Å²) in [5.74, 6) is -1.88. The highest BCUT2D eigenvalue weighted by molar-refractivity contribution is 9.11. The molecule has 102 valence electrons. The number of nitrogens with two attached hydrogens (primary N) is 2. The second kappa shape index (κ2) is 4.93. The van der Waals surface area contributed by atoms with E-state index in [-0.39, 0.29) is 23.6 Å². The Bertz CT molecular complexity index is 589. The van der Waals surface area contributed by atoms with Gasteiger partial charge in [0.15, 0.2) is 3.92 Å². The van der Waals surface area contributed by atoms with Crippen molar-refractivity contribution in [3.8, 4) is 0 Å². The summed E-state index contributed by atoms with van der Waals surface area (Å²) < 4.78 is 38.0. The van der Waals surface area contributed by atoms with Gasteiger partial charge in [0.2, 0.25) is 5.82 Å². The standard InChI is InChI=1S/C9H7BrF3N5S/c10-8-16-2-3(19-8)1-4-5(14)17-7(9(11,12)13)18-6(4)15/h2H,1H2,(H4,14,15,17,18). The fourth-order valence-corrected chi connectivity index (χ4v) is 2.74. The minimum Gasteiger partial charge on any atom is -0.383 e. The zero-order chi connectivity index (χ0) is 14.2. The van der Waals surface area contributed by atoms with Gasteiger partial charge in [0, 0.05) is 23.1 Å². The van der Waals surface area contributed by atoms with Crippen molar-refractivity contribution in [3.63, 3.8) is 0 Å². The molecule has 19 heavy (non-hydrogen) atoms. The van der Waals surface area contributed by atoms with Gasteiger partial charge in [0.05, 0.1) is 0 Å². The first kappa shape index (κ1) is 14.0. The van der Waals surface area contributed by atoms with Crippen LogP contribution in [0.15, 0.2) is 10.1 Å². The first-order chi connectivity index (χ1) is 8.77. The van der Waals surface area contributed by atoms with E-state index in [0.29, 0.717) is 3.92 Å². The Kier molecular flexibility index (Phi) is 3.63. The Balaban J connectivity index is 2.37. The van der Waals surface area contributed by atoms with Gasteiger partial charge in [-0.3, -0.25) is 0 Å². The smallest absolute Gasteiger partial charge is 0.383 e. The molecule has 0 unspecified atom stereocenters. The average molecular weight is 354 g/mol. The molecule has 0 atom stereocenters. The summed E-state index contributed by atoms with van der Waals surface area (Å²) in [6.07, 6.45) is -2.86. The van der Waals surface area contributed by atoms with Gasteiger partial charge in [-0.25, -0.2) is 15.0 Å². The fourth-order valence-electron chi connectivity index (χ4n) is 1.37. The van der Waals surface area contributed by atoms with E-state index < -0.39 is 12.0 Å². The second-order valence-electron chi connectivity index (χ2n) is 3.55. The zero-order valence-electron chi connectivity index (χ0n) is 9.20. The number of aromatic nitrogens is 3. The molecule has 0 radical (unpaired) electrons. The molecule has 2 aromatic heterocycles. The molecule has 0 aliphatic heterocycles. The van der Waals surface area contributed by atoms with E-state index >= 15 is 0 Å². The normalized spacial score (nSPS) is 11.8. The quantitative estimate of drug-likeness (QED) is 0.865. The predicted octanol–water partition coefficient (Wildman–Crippen LogP) is 2.47. The molecule has 0 saturated carbocycles. The summed E-state index contributed by atoms with van der Waals surface area (Å²) >= 11 is 4.51. The van der Waals surface area contributed by atoms with Gasteiger partial charge in [0.1, 0.15) is 11.6 Å². The van der Waals surface area contributed by atoms with Crippen LogP contribution in [0.5, 0.6) is 0 Å². The number of nitrogens with zero attached hydrogens (tertiary/aromatic N) is 3. The lowest BCUT2D eigenvalue weighted by Crippen LogP contribution is -2.16. The van der Waals surface area contributed by atoms with E-state index in [1.165, 1.54) is 11.3 Å². The molecule has 4 N–H and O–H groups in total. The Labute approximate surface area is 118 Å². The lowest BCUT2D eigenvalue weighted by Gasteiger charge is -2.10. The number of alkyl halides is 3.